The highest BCUT2D eigenvalue weighted by Gasteiger charge is 2.33. The predicted octanol–water partition coefficient (Wildman–Crippen LogP) is 5.06. The summed E-state index contributed by atoms with van der Waals surface area (Å²) in [6.07, 6.45) is -4.62. The van der Waals surface area contributed by atoms with Gasteiger partial charge in [0.1, 0.15) is 5.75 Å². The lowest BCUT2D eigenvalue weighted by atomic mass is 10.1. The number of hydrogen-bond donors (Lipinski definition) is 1. The Kier molecular flexibility index (Phi) is 6.72. The average molecular weight is 538 g/mol. The number of aromatic nitrogens is 4. The van der Waals surface area contributed by atoms with Crippen LogP contribution in [0.1, 0.15) is 5.56 Å². The molecule has 1 amide bonds. The highest BCUT2D eigenvalue weighted by atomic mass is 32.2. The number of anilines is 1. The van der Waals surface area contributed by atoms with Gasteiger partial charge in [0.05, 0.1) is 29.6 Å². The molecule has 12 heteroatoms. The summed E-state index contributed by atoms with van der Waals surface area (Å²) in [6.45, 7) is 0. The summed E-state index contributed by atoms with van der Waals surface area (Å²) in [5, 5.41) is 7.62. The molecule has 8 nitrogen and oxygen atoms in total. The Balaban J connectivity index is 1.52. The van der Waals surface area contributed by atoms with Crippen molar-refractivity contribution in [3.8, 4) is 17.0 Å². The Morgan fingerprint density at radius 2 is 1.71 bits per heavy atom. The molecule has 0 radical (unpaired) electrons. The van der Waals surface area contributed by atoms with Crippen molar-refractivity contribution in [2.75, 3.05) is 18.2 Å². The van der Waals surface area contributed by atoms with Gasteiger partial charge >= 0.3 is 6.18 Å². The van der Waals surface area contributed by atoms with Crippen LogP contribution in [0.3, 0.4) is 0 Å². The molecule has 1 N–H and O–H groups in total. The number of nitrogens with one attached hydrogen (secondary N) is 1. The Morgan fingerprint density at radius 3 is 2.45 bits per heavy atom. The first-order chi connectivity index (χ1) is 18.2. The van der Waals surface area contributed by atoms with Crippen LogP contribution < -0.4 is 15.6 Å². The number of methoxy groups -OCH3 is 1. The quantitative estimate of drug-likeness (QED) is 0.184. The smallest absolute Gasteiger partial charge is 0.418 e. The zero-order valence-electron chi connectivity index (χ0n) is 19.7. The number of para-hydroxylation sites is 2. The average Bonchev–Trinajstić information content (AvgIpc) is 2.91. The van der Waals surface area contributed by atoms with E-state index < -0.39 is 23.2 Å². The lowest BCUT2D eigenvalue weighted by Crippen LogP contribution is -2.20. The van der Waals surface area contributed by atoms with E-state index in [1.807, 2.05) is 0 Å². The second-order valence-corrected chi connectivity index (χ2v) is 8.96. The van der Waals surface area contributed by atoms with Crippen LogP contribution >= 0.6 is 11.8 Å². The first-order valence-electron chi connectivity index (χ1n) is 11.2. The molecule has 38 heavy (non-hydrogen) atoms. The van der Waals surface area contributed by atoms with Crippen molar-refractivity contribution in [1.82, 2.24) is 19.6 Å². The second-order valence-electron chi connectivity index (χ2n) is 8.02. The molecule has 0 aliphatic carbocycles. The maximum Gasteiger partial charge on any atom is 0.418 e. The van der Waals surface area contributed by atoms with Crippen molar-refractivity contribution >= 4 is 39.9 Å². The Labute approximate surface area is 217 Å². The molecule has 0 unspecified atom stereocenters. The Morgan fingerprint density at radius 1 is 1.00 bits per heavy atom. The van der Waals surface area contributed by atoms with E-state index in [9.17, 15) is 22.8 Å². The van der Waals surface area contributed by atoms with Crippen LogP contribution in [0.4, 0.5) is 18.9 Å². The minimum Gasteiger partial charge on any atom is -0.497 e. The molecule has 0 aliphatic rings. The monoisotopic (exact) mass is 537 g/mol. The first kappa shape index (κ1) is 25.2. The Bertz CT molecular complexity index is 1720. The number of hydrogen-bond acceptors (Lipinski definition) is 7. The Hall–Kier alpha value is -4.45. The SMILES string of the molecule is COc1ccc(-c2nn3c(SCC(=O)Nc4ccccc4C(F)(F)F)nc4ccccc4c3nc2=O)cc1. The standard InChI is InChI=1S/C26H18F3N5O3S/c1-37-16-12-10-15(11-13-16)22-24(36)32-23-17-6-2-4-8-19(17)31-25(34(23)33-22)38-14-21(35)30-20-9-5-3-7-18(20)26(27,28)29/h2-13H,14H2,1H3,(H,30,35). The fourth-order valence-electron chi connectivity index (χ4n) is 3.78. The molecule has 5 rings (SSSR count). The van der Waals surface area contributed by atoms with Gasteiger partial charge < -0.3 is 10.1 Å². The van der Waals surface area contributed by atoms with E-state index in [0.717, 1.165) is 17.8 Å². The largest absolute Gasteiger partial charge is 0.497 e. The summed E-state index contributed by atoms with van der Waals surface area (Å²) in [5.41, 5.74) is -0.515. The van der Waals surface area contributed by atoms with Gasteiger partial charge in [-0.15, -0.1) is 0 Å². The maximum atomic E-state index is 13.3. The lowest BCUT2D eigenvalue weighted by molar-refractivity contribution is -0.137. The molecule has 0 saturated heterocycles. The molecule has 5 aromatic rings. The van der Waals surface area contributed by atoms with Crippen molar-refractivity contribution in [2.45, 2.75) is 11.3 Å². The van der Waals surface area contributed by atoms with Gasteiger partial charge in [0.25, 0.3) is 5.56 Å². The van der Waals surface area contributed by atoms with Gasteiger partial charge in [-0.2, -0.15) is 27.8 Å². The van der Waals surface area contributed by atoms with Crippen LogP contribution in [0.25, 0.3) is 27.8 Å². The molecule has 0 aliphatic heterocycles. The lowest BCUT2D eigenvalue weighted by Gasteiger charge is -2.14. The number of alkyl halides is 3. The number of rotatable bonds is 6. The van der Waals surface area contributed by atoms with E-state index in [-0.39, 0.29) is 27.9 Å². The van der Waals surface area contributed by atoms with E-state index in [1.54, 1.807) is 48.5 Å². The van der Waals surface area contributed by atoms with Crippen molar-refractivity contribution in [2.24, 2.45) is 0 Å². The van der Waals surface area contributed by atoms with Crippen LogP contribution in [0.15, 0.2) is 82.7 Å². The molecule has 0 fully saturated rings. The van der Waals surface area contributed by atoms with E-state index in [1.165, 1.54) is 29.8 Å². The van der Waals surface area contributed by atoms with Gasteiger partial charge in [0.2, 0.25) is 5.91 Å². The molecule has 0 atom stereocenters. The minimum absolute atomic E-state index is 0.0626. The van der Waals surface area contributed by atoms with Crippen molar-refractivity contribution in [3.63, 3.8) is 0 Å². The fraction of sp³-hybridized carbons (Fsp3) is 0.115. The van der Waals surface area contributed by atoms with Crippen molar-refractivity contribution in [3.05, 3.63) is 88.7 Å². The summed E-state index contributed by atoms with van der Waals surface area (Å²) < 4.78 is 46.5. The fourth-order valence-corrected chi connectivity index (χ4v) is 4.53. The topological polar surface area (TPSA) is 98.5 Å². The summed E-state index contributed by atoms with van der Waals surface area (Å²) in [4.78, 5) is 34.4. The van der Waals surface area contributed by atoms with Crippen molar-refractivity contribution < 1.29 is 22.7 Å². The maximum absolute atomic E-state index is 13.3. The molecule has 0 saturated carbocycles. The van der Waals surface area contributed by atoms with Gasteiger partial charge in [-0.3, -0.25) is 9.59 Å². The highest BCUT2D eigenvalue weighted by Crippen LogP contribution is 2.34. The molecule has 2 aromatic heterocycles. The van der Waals surface area contributed by atoms with Gasteiger partial charge in [-0.05, 0) is 48.5 Å². The second kappa shape index (κ2) is 10.1. The van der Waals surface area contributed by atoms with E-state index in [0.29, 0.717) is 22.2 Å². The van der Waals surface area contributed by atoms with E-state index in [2.05, 4.69) is 20.4 Å². The normalized spacial score (nSPS) is 11.6. The van der Waals surface area contributed by atoms with Crippen LogP contribution in [0.2, 0.25) is 0 Å². The molecular weight excluding hydrogens is 519 g/mol. The summed E-state index contributed by atoms with van der Waals surface area (Å²) in [5.74, 6) is -0.331. The summed E-state index contributed by atoms with van der Waals surface area (Å²) in [7, 11) is 1.53. The first-order valence-corrected chi connectivity index (χ1v) is 12.2. The zero-order valence-corrected chi connectivity index (χ0v) is 20.5. The van der Waals surface area contributed by atoms with Gasteiger partial charge in [-0.1, -0.05) is 36.0 Å². The van der Waals surface area contributed by atoms with E-state index in [4.69, 9.17) is 4.74 Å². The van der Waals surface area contributed by atoms with Gasteiger partial charge in [-0.25, -0.2) is 4.98 Å². The number of fused-ring (bicyclic) bond motifs is 3. The van der Waals surface area contributed by atoms with Crippen LogP contribution in [0, 0.1) is 0 Å². The third-order valence-electron chi connectivity index (χ3n) is 5.56. The van der Waals surface area contributed by atoms with E-state index >= 15 is 0 Å². The zero-order chi connectivity index (χ0) is 26.9. The molecule has 2 heterocycles. The van der Waals surface area contributed by atoms with Gasteiger partial charge in [0.15, 0.2) is 16.5 Å². The number of thioether (sulfide) groups is 1. The molecule has 192 valence electrons. The van der Waals surface area contributed by atoms with Gasteiger partial charge in [0, 0.05) is 10.9 Å². The predicted molar refractivity (Wildman–Crippen MR) is 137 cm³/mol. The molecule has 0 spiro atoms. The number of benzene rings is 3. The molecule has 3 aromatic carbocycles. The molecular formula is C26H18F3N5O3S. The number of ether oxygens (including phenoxy) is 1. The van der Waals surface area contributed by atoms with Crippen LogP contribution in [-0.2, 0) is 11.0 Å². The number of nitrogens with zero attached hydrogens (tertiary/aromatic N) is 4. The third-order valence-corrected chi connectivity index (χ3v) is 6.48. The van der Waals surface area contributed by atoms with Crippen LogP contribution in [0.5, 0.6) is 5.75 Å². The summed E-state index contributed by atoms with van der Waals surface area (Å²) >= 11 is 0.955. The number of carbonyl (C=O) groups excluding carboxylic acids is 1. The highest BCUT2D eigenvalue weighted by molar-refractivity contribution is 7.99. The third kappa shape index (κ3) is 5.02. The summed E-state index contributed by atoms with van der Waals surface area (Å²) in [6, 6.07) is 18.4. The van der Waals surface area contributed by atoms with Crippen molar-refractivity contribution in [1.29, 1.82) is 0 Å². The minimum atomic E-state index is -4.62. The number of carbonyl (C=O) groups is 1. The number of halogens is 3. The molecule has 0 bridgehead atoms. The van der Waals surface area contributed by atoms with Crippen LogP contribution in [-0.4, -0.2) is 38.4 Å². The number of amides is 1.